The molecule has 5 nitrogen and oxygen atoms in total. The smallest absolute Gasteiger partial charge is 0.335 e. The first-order valence-corrected chi connectivity index (χ1v) is 7.81. The summed E-state index contributed by atoms with van der Waals surface area (Å²) in [5, 5.41) is 11.8. The maximum atomic E-state index is 12.5. The number of rotatable bonds is 2. The average molecular weight is 355 g/mol. The minimum atomic E-state index is -1.02. The van der Waals surface area contributed by atoms with Gasteiger partial charge in [0.2, 0.25) is 0 Å². The van der Waals surface area contributed by atoms with E-state index in [-0.39, 0.29) is 23.7 Å². The number of aromatic carboxylic acids is 1. The molecule has 114 valence electrons. The van der Waals surface area contributed by atoms with Gasteiger partial charge < -0.3 is 15.3 Å². The van der Waals surface area contributed by atoms with Gasteiger partial charge in [0.1, 0.15) is 0 Å². The Morgan fingerprint density at radius 1 is 1.29 bits per heavy atom. The highest BCUT2D eigenvalue weighted by molar-refractivity contribution is 9.10. The van der Waals surface area contributed by atoms with Crippen LogP contribution in [0.5, 0.6) is 0 Å². The first-order valence-electron chi connectivity index (χ1n) is 7.02. The number of hydrogen-bond donors (Lipinski definition) is 2. The lowest BCUT2D eigenvalue weighted by Gasteiger charge is -2.39. The maximum absolute atomic E-state index is 12.5. The van der Waals surface area contributed by atoms with Gasteiger partial charge in [-0.2, -0.15) is 0 Å². The molecular weight excluding hydrogens is 336 g/mol. The van der Waals surface area contributed by atoms with Crippen molar-refractivity contribution in [3.63, 3.8) is 0 Å². The zero-order valence-electron chi connectivity index (χ0n) is 12.1. The van der Waals surface area contributed by atoms with Crippen molar-refractivity contribution in [2.45, 2.75) is 45.2 Å². The van der Waals surface area contributed by atoms with Crippen LogP contribution >= 0.6 is 15.9 Å². The molecule has 1 aromatic carbocycles. The number of benzene rings is 1. The van der Waals surface area contributed by atoms with Gasteiger partial charge in [-0.3, -0.25) is 0 Å². The summed E-state index contributed by atoms with van der Waals surface area (Å²) in [7, 11) is 0. The number of piperidine rings is 1. The van der Waals surface area contributed by atoms with Crippen molar-refractivity contribution in [3.8, 4) is 0 Å². The topological polar surface area (TPSA) is 69.6 Å². The van der Waals surface area contributed by atoms with E-state index in [1.165, 1.54) is 12.1 Å². The number of urea groups is 1. The SMILES string of the molecule is CC1CCCC(C)N1C(=O)Nc1cc(C(=O)O)ccc1Br. The molecule has 0 saturated carbocycles. The highest BCUT2D eigenvalue weighted by Crippen LogP contribution is 2.27. The second-order valence-corrected chi connectivity index (χ2v) is 6.32. The molecule has 1 aliphatic heterocycles. The lowest BCUT2D eigenvalue weighted by molar-refractivity contribution is 0.0696. The molecular formula is C15H19BrN2O3. The fourth-order valence-corrected chi connectivity index (χ4v) is 3.10. The second-order valence-electron chi connectivity index (χ2n) is 5.47. The molecule has 0 aromatic heterocycles. The number of nitrogens with zero attached hydrogens (tertiary/aromatic N) is 1. The van der Waals surface area contributed by atoms with Crippen molar-refractivity contribution in [3.05, 3.63) is 28.2 Å². The fourth-order valence-electron chi connectivity index (χ4n) is 2.76. The molecule has 6 heteroatoms. The van der Waals surface area contributed by atoms with E-state index in [9.17, 15) is 9.59 Å². The normalized spacial score (nSPS) is 22.0. The molecule has 2 unspecified atom stereocenters. The monoisotopic (exact) mass is 354 g/mol. The van der Waals surface area contributed by atoms with Crippen molar-refractivity contribution in [1.29, 1.82) is 0 Å². The van der Waals surface area contributed by atoms with Gasteiger partial charge >= 0.3 is 12.0 Å². The van der Waals surface area contributed by atoms with Gasteiger partial charge in [0.15, 0.2) is 0 Å². The Labute approximate surface area is 132 Å². The number of likely N-dealkylation sites (tertiary alicyclic amines) is 1. The third-order valence-corrected chi connectivity index (χ3v) is 4.57. The summed E-state index contributed by atoms with van der Waals surface area (Å²) < 4.78 is 0.665. The Morgan fingerprint density at radius 3 is 2.48 bits per heavy atom. The van der Waals surface area contributed by atoms with Crippen LogP contribution in [0.25, 0.3) is 0 Å². The summed E-state index contributed by atoms with van der Waals surface area (Å²) in [6, 6.07) is 4.78. The summed E-state index contributed by atoms with van der Waals surface area (Å²) in [6.45, 7) is 4.08. The minimum absolute atomic E-state index is 0.147. The summed E-state index contributed by atoms with van der Waals surface area (Å²) in [5.74, 6) is -1.02. The second kappa shape index (κ2) is 6.47. The molecule has 1 fully saturated rings. The molecule has 2 atom stereocenters. The van der Waals surface area contributed by atoms with Crippen LogP contribution in [0.1, 0.15) is 43.5 Å². The predicted molar refractivity (Wildman–Crippen MR) is 84.7 cm³/mol. The quantitative estimate of drug-likeness (QED) is 0.844. The summed E-state index contributed by atoms with van der Waals surface area (Å²) >= 11 is 3.34. The van der Waals surface area contributed by atoms with Crippen LogP contribution < -0.4 is 5.32 Å². The predicted octanol–water partition coefficient (Wildman–Crippen LogP) is 3.94. The Balaban J connectivity index is 2.19. The molecule has 1 aromatic rings. The van der Waals surface area contributed by atoms with E-state index in [4.69, 9.17) is 5.11 Å². The number of hydrogen-bond acceptors (Lipinski definition) is 2. The lowest BCUT2D eigenvalue weighted by atomic mass is 9.98. The molecule has 0 spiro atoms. The van der Waals surface area contributed by atoms with E-state index in [0.29, 0.717) is 10.2 Å². The summed E-state index contributed by atoms with van der Waals surface area (Å²) in [4.78, 5) is 25.3. The molecule has 1 aliphatic rings. The minimum Gasteiger partial charge on any atom is -0.478 e. The van der Waals surface area contributed by atoms with Crippen LogP contribution in [0.15, 0.2) is 22.7 Å². The molecule has 2 amide bonds. The molecule has 0 radical (unpaired) electrons. The van der Waals surface area contributed by atoms with Crippen LogP contribution in [-0.2, 0) is 0 Å². The number of carboxylic acid groups (broad SMARTS) is 1. The maximum Gasteiger partial charge on any atom is 0.335 e. The molecule has 2 rings (SSSR count). The molecule has 1 saturated heterocycles. The van der Waals surface area contributed by atoms with Gasteiger partial charge in [0.25, 0.3) is 0 Å². The Morgan fingerprint density at radius 2 is 1.90 bits per heavy atom. The van der Waals surface area contributed by atoms with Gasteiger partial charge in [-0.25, -0.2) is 9.59 Å². The first-order chi connectivity index (χ1) is 9.90. The zero-order valence-corrected chi connectivity index (χ0v) is 13.7. The Bertz CT molecular complexity index is 552. The van der Waals surface area contributed by atoms with E-state index >= 15 is 0 Å². The van der Waals surface area contributed by atoms with E-state index in [1.54, 1.807) is 6.07 Å². The molecule has 2 N–H and O–H groups in total. The van der Waals surface area contributed by atoms with Crippen molar-refractivity contribution < 1.29 is 14.7 Å². The molecule has 0 bridgehead atoms. The Kier molecular flexibility index (Phi) is 4.88. The number of anilines is 1. The van der Waals surface area contributed by atoms with Crippen LogP contribution in [0, 0.1) is 0 Å². The van der Waals surface area contributed by atoms with Gasteiger partial charge in [-0.05, 0) is 67.2 Å². The van der Waals surface area contributed by atoms with Gasteiger partial charge in [-0.15, -0.1) is 0 Å². The molecule has 21 heavy (non-hydrogen) atoms. The van der Waals surface area contributed by atoms with Crippen molar-refractivity contribution in [2.24, 2.45) is 0 Å². The van der Waals surface area contributed by atoms with Gasteiger partial charge in [0, 0.05) is 16.6 Å². The lowest BCUT2D eigenvalue weighted by Crippen LogP contribution is -2.49. The average Bonchev–Trinajstić information content (AvgIpc) is 2.40. The number of nitrogens with one attached hydrogen (secondary N) is 1. The third kappa shape index (κ3) is 3.56. The van der Waals surface area contributed by atoms with Crippen molar-refractivity contribution in [1.82, 2.24) is 4.90 Å². The van der Waals surface area contributed by atoms with Gasteiger partial charge in [0.05, 0.1) is 11.3 Å². The standard InChI is InChI=1S/C15H19BrN2O3/c1-9-4-3-5-10(2)18(9)15(21)17-13-8-11(14(19)20)6-7-12(13)16/h6-10H,3-5H2,1-2H3,(H,17,21)(H,19,20). The number of halogens is 1. The van der Waals surface area contributed by atoms with Crippen LogP contribution in [-0.4, -0.2) is 34.1 Å². The van der Waals surface area contributed by atoms with E-state index in [0.717, 1.165) is 19.3 Å². The number of carbonyl (C=O) groups is 2. The molecule has 0 aliphatic carbocycles. The fraction of sp³-hybridized carbons (Fsp3) is 0.467. The van der Waals surface area contributed by atoms with Gasteiger partial charge in [-0.1, -0.05) is 0 Å². The van der Waals surface area contributed by atoms with Crippen molar-refractivity contribution in [2.75, 3.05) is 5.32 Å². The van der Waals surface area contributed by atoms with Crippen LogP contribution in [0.4, 0.5) is 10.5 Å². The summed E-state index contributed by atoms with van der Waals surface area (Å²) in [6.07, 6.45) is 3.12. The van der Waals surface area contributed by atoms with Crippen LogP contribution in [0.3, 0.4) is 0 Å². The third-order valence-electron chi connectivity index (χ3n) is 3.88. The number of amides is 2. The first kappa shape index (κ1) is 15.8. The highest BCUT2D eigenvalue weighted by atomic mass is 79.9. The largest absolute Gasteiger partial charge is 0.478 e. The van der Waals surface area contributed by atoms with Crippen LogP contribution in [0.2, 0.25) is 0 Å². The zero-order chi connectivity index (χ0) is 15.6. The number of carbonyl (C=O) groups excluding carboxylic acids is 1. The summed E-state index contributed by atoms with van der Waals surface area (Å²) in [5.41, 5.74) is 0.623. The van der Waals surface area contributed by atoms with E-state index in [2.05, 4.69) is 21.2 Å². The van der Waals surface area contributed by atoms with E-state index in [1.807, 2.05) is 18.7 Å². The Hall–Kier alpha value is -1.56. The van der Waals surface area contributed by atoms with Crippen molar-refractivity contribution >= 4 is 33.6 Å². The number of carboxylic acids is 1. The highest BCUT2D eigenvalue weighted by Gasteiger charge is 2.29. The van der Waals surface area contributed by atoms with E-state index < -0.39 is 5.97 Å². The molecule has 1 heterocycles.